The van der Waals surface area contributed by atoms with Crippen LogP contribution in [0, 0.1) is 0 Å². The molecule has 14 heavy (non-hydrogen) atoms. The molecular formula is C12H16O2. The standard InChI is InChI=1S/C12H16O2/c1-11(7-8-13)9-14-10-12-5-3-2-4-6-12/h2-6,13H,1,7-10H2. The molecule has 1 rings (SSSR count). The van der Waals surface area contributed by atoms with Crippen LogP contribution in [0.1, 0.15) is 12.0 Å². The molecule has 0 saturated carbocycles. The van der Waals surface area contributed by atoms with Gasteiger partial charge in [0.2, 0.25) is 0 Å². The highest BCUT2D eigenvalue weighted by molar-refractivity contribution is 5.13. The van der Waals surface area contributed by atoms with Crippen LogP contribution >= 0.6 is 0 Å². The lowest BCUT2D eigenvalue weighted by Gasteiger charge is -2.05. The molecule has 1 aromatic rings. The summed E-state index contributed by atoms with van der Waals surface area (Å²) in [6.07, 6.45) is 0.620. The third-order valence-corrected chi connectivity index (χ3v) is 1.88. The largest absolute Gasteiger partial charge is 0.396 e. The van der Waals surface area contributed by atoms with Crippen LogP contribution in [0.3, 0.4) is 0 Å². The minimum atomic E-state index is 0.146. The van der Waals surface area contributed by atoms with Gasteiger partial charge in [0.05, 0.1) is 13.2 Å². The Bertz CT molecular complexity index is 267. The lowest BCUT2D eigenvalue weighted by molar-refractivity contribution is 0.138. The lowest BCUT2D eigenvalue weighted by Crippen LogP contribution is -1.99. The van der Waals surface area contributed by atoms with Gasteiger partial charge in [0.25, 0.3) is 0 Å². The first kappa shape index (κ1) is 11.0. The summed E-state index contributed by atoms with van der Waals surface area (Å²) in [6, 6.07) is 10.0. The van der Waals surface area contributed by atoms with Crippen molar-refractivity contribution < 1.29 is 9.84 Å². The number of ether oxygens (including phenoxy) is 1. The van der Waals surface area contributed by atoms with Crippen LogP contribution in [0.4, 0.5) is 0 Å². The second-order valence-corrected chi connectivity index (χ2v) is 3.20. The monoisotopic (exact) mass is 192 g/mol. The molecule has 0 atom stereocenters. The molecule has 0 radical (unpaired) electrons. The van der Waals surface area contributed by atoms with E-state index >= 15 is 0 Å². The first-order valence-corrected chi connectivity index (χ1v) is 4.72. The van der Waals surface area contributed by atoms with E-state index in [-0.39, 0.29) is 6.61 Å². The van der Waals surface area contributed by atoms with Crippen LogP contribution in [0.5, 0.6) is 0 Å². The Morgan fingerprint density at radius 2 is 2.00 bits per heavy atom. The van der Waals surface area contributed by atoms with E-state index in [0.717, 1.165) is 11.1 Å². The van der Waals surface area contributed by atoms with Crippen molar-refractivity contribution in [3.05, 3.63) is 48.0 Å². The van der Waals surface area contributed by atoms with Gasteiger partial charge in [-0.05, 0) is 17.6 Å². The molecule has 0 fully saturated rings. The molecule has 1 N–H and O–H groups in total. The van der Waals surface area contributed by atoms with Crippen LogP contribution in [0.25, 0.3) is 0 Å². The summed E-state index contributed by atoms with van der Waals surface area (Å²) in [5, 5.41) is 8.64. The van der Waals surface area contributed by atoms with Crippen molar-refractivity contribution in [2.24, 2.45) is 0 Å². The highest BCUT2D eigenvalue weighted by Crippen LogP contribution is 2.03. The third-order valence-electron chi connectivity index (χ3n) is 1.88. The van der Waals surface area contributed by atoms with E-state index in [1.165, 1.54) is 0 Å². The summed E-state index contributed by atoms with van der Waals surface area (Å²) in [7, 11) is 0. The Morgan fingerprint density at radius 1 is 1.29 bits per heavy atom. The predicted molar refractivity (Wildman–Crippen MR) is 56.9 cm³/mol. The number of aliphatic hydroxyl groups excluding tert-OH is 1. The molecule has 0 saturated heterocycles. The Kier molecular flexibility index (Phi) is 4.97. The van der Waals surface area contributed by atoms with Gasteiger partial charge in [-0.1, -0.05) is 36.9 Å². The highest BCUT2D eigenvalue weighted by atomic mass is 16.5. The van der Waals surface area contributed by atoms with Gasteiger partial charge in [0, 0.05) is 6.61 Å². The molecule has 0 amide bonds. The molecule has 0 spiro atoms. The van der Waals surface area contributed by atoms with E-state index < -0.39 is 0 Å². The van der Waals surface area contributed by atoms with Gasteiger partial charge in [-0.15, -0.1) is 0 Å². The summed E-state index contributed by atoms with van der Waals surface area (Å²) in [5.74, 6) is 0. The van der Waals surface area contributed by atoms with Crippen molar-refractivity contribution in [1.29, 1.82) is 0 Å². The molecule has 0 aliphatic heterocycles. The molecular weight excluding hydrogens is 176 g/mol. The average Bonchev–Trinajstić information content (AvgIpc) is 2.20. The minimum absolute atomic E-state index is 0.146. The first-order valence-electron chi connectivity index (χ1n) is 4.72. The zero-order valence-electron chi connectivity index (χ0n) is 8.28. The van der Waals surface area contributed by atoms with E-state index in [2.05, 4.69) is 6.58 Å². The smallest absolute Gasteiger partial charge is 0.0721 e. The van der Waals surface area contributed by atoms with E-state index in [0.29, 0.717) is 19.6 Å². The third kappa shape index (κ3) is 4.21. The molecule has 0 bridgehead atoms. The Labute approximate surface area is 84.8 Å². The van der Waals surface area contributed by atoms with Crippen LogP contribution in [0.15, 0.2) is 42.5 Å². The summed E-state index contributed by atoms with van der Waals surface area (Å²) >= 11 is 0. The SMILES string of the molecule is C=C(CCO)COCc1ccccc1. The minimum Gasteiger partial charge on any atom is -0.396 e. The number of benzene rings is 1. The van der Waals surface area contributed by atoms with Crippen molar-refractivity contribution in [3.8, 4) is 0 Å². The lowest BCUT2D eigenvalue weighted by atomic mass is 10.2. The van der Waals surface area contributed by atoms with Gasteiger partial charge < -0.3 is 9.84 Å². The predicted octanol–water partition coefficient (Wildman–Crippen LogP) is 2.14. The Hall–Kier alpha value is -1.12. The van der Waals surface area contributed by atoms with Crippen molar-refractivity contribution in [3.63, 3.8) is 0 Å². The number of hydrogen-bond acceptors (Lipinski definition) is 2. The van der Waals surface area contributed by atoms with Crippen LogP contribution in [0.2, 0.25) is 0 Å². The van der Waals surface area contributed by atoms with E-state index in [1.807, 2.05) is 30.3 Å². The van der Waals surface area contributed by atoms with Gasteiger partial charge in [-0.3, -0.25) is 0 Å². The van der Waals surface area contributed by atoms with Gasteiger partial charge in [0.1, 0.15) is 0 Å². The molecule has 0 unspecified atom stereocenters. The van der Waals surface area contributed by atoms with E-state index in [1.54, 1.807) is 0 Å². The molecule has 76 valence electrons. The maximum Gasteiger partial charge on any atom is 0.0721 e. The number of hydrogen-bond donors (Lipinski definition) is 1. The Morgan fingerprint density at radius 3 is 2.64 bits per heavy atom. The first-order chi connectivity index (χ1) is 6.83. The molecule has 0 aliphatic carbocycles. The average molecular weight is 192 g/mol. The topological polar surface area (TPSA) is 29.5 Å². The molecule has 0 heterocycles. The maximum absolute atomic E-state index is 8.64. The van der Waals surface area contributed by atoms with Crippen molar-refractivity contribution in [2.45, 2.75) is 13.0 Å². The molecule has 2 nitrogen and oxygen atoms in total. The highest BCUT2D eigenvalue weighted by Gasteiger charge is 1.95. The van der Waals surface area contributed by atoms with Crippen molar-refractivity contribution >= 4 is 0 Å². The van der Waals surface area contributed by atoms with Crippen LogP contribution in [-0.4, -0.2) is 18.3 Å². The Balaban J connectivity index is 2.19. The van der Waals surface area contributed by atoms with Gasteiger partial charge in [-0.25, -0.2) is 0 Å². The normalized spacial score (nSPS) is 10.1. The van der Waals surface area contributed by atoms with Crippen LogP contribution < -0.4 is 0 Å². The zero-order chi connectivity index (χ0) is 10.2. The molecule has 0 aromatic heterocycles. The van der Waals surface area contributed by atoms with E-state index in [9.17, 15) is 0 Å². The fourth-order valence-electron chi connectivity index (χ4n) is 1.12. The summed E-state index contributed by atoms with van der Waals surface area (Å²) in [5.41, 5.74) is 2.09. The van der Waals surface area contributed by atoms with Crippen molar-refractivity contribution in [1.82, 2.24) is 0 Å². The molecule has 2 heteroatoms. The van der Waals surface area contributed by atoms with Crippen molar-refractivity contribution in [2.75, 3.05) is 13.2 Å². The zero-order valence-corrected chi connectivity index (χ0v) is 8.28. The fourth-order valence-corrected chi connectivity index (χ4v) is 1.12. The second kappa shape index (κ2) is 6.35. The fraction of sp³-hybridized carbons (Fsp3) is 0.333. The summed E-state index contributed by atoms with van der Waals surface area (Å²) in [4.78, 5) is 0. The number of aliphatic hydroxyl groups is 1. The van der Waals surface area contributed by atoms with Crippen LogP contribution in [-0.2, 0) is 11.3 Å². The summed E-state index contributed by atoms with van der Waals surface area (Å²) in [6.45, 7) is 5.06. The maximum atomic E-state index is 8.64. The summed E-state index contributed by atoms with van der Waals surface area (Å²) < 4.78 is 5.42. The quantitative estimate of drug-likeness (QED) is 0.700. The number of rotatable bonds is 6. The molecule has 1 aromatic carbocycles. The van der Waals surface area contributed by atoms with E-state index in [4.69, 9.17) is 9.84 Å². The van der Waals surface area contributed by atoms with Gasteiger partial charge >= 0.3 is 0 Å². The van der Waals surface area contributed by atoms with Gasteiger partial charge in [0.15, 0.2) is 0 Å². The van der Waals surface area contributed by atoms with Gasteiger partial charge in [-0.2, -0.15) is 0 Å². The molecule has 0 aliphatic rings. The second-order valence-electron chi connectivity index (χ2n) is 3.20.